The fourth-order valence-electron chi connectivity index (χ4n) is 6.92. The highest BCUT2D eigenvalue weighted by atomic mass is 32.2. The van der Waals surface area contributed by atoms with Crippen LogP contribution in [0.1, 0.15) is 240 Å². The molecule has 6 nitrogen and oxygen atoms in total. The lowest BCUT2D eigenvalue weighted by Gasteiger charge is -2.13. The summed E-state index contributed by atoms with van der Waals surface area (Å²) in [6.45, 7) is 4.51. The topological polar surface area (TPSA) is 115 Å². The second-order valence-electron chi connectivity index (χ2n) is 14.6. The molecule has 0 atom stereocenters. The van der Waals surface area contributed by atoms with Crippen molar-refractivity contribution < 1.29 is 22.6 Å². The van der Waals surface area contributed by atoms with Crippen LogP contribution in [0.25, 0.3) is 0 Å². The number of carbonyl (C=O) groups excluding carboxylic acids is 2. The molecule has 0 aliphatic carbocycles. The summed E-state index contributed by atoms with van der Waals surface area (Å²) in [4.78, 5) is 25.7. The Hall–Kier alpha value is -1.73. The van der Waals surface area contributed by atoms with Gasteiger partial charge < -0.3 is 5.73 Å². The van der Waals surface area contributed by atoms with Crippen molar-refractivity contribution in [2.45, 2.75) is 224 Å². The molecule has 1 aromatic rings. The molecule has 1 rings (SSSR count). The van der Waals surface area contributed by atoms with E-state index in [0.29, 0.717) is 12.8 Å². The zero-order valence-electron chi connectivity index (χ0n) is 31.8. The molecule has 0 fully saturated rings. The fourth-order valence-corrected chi connectivity index (χ4v) is 7.64. The van der Waals surface area contributed by atoms with Crippen molar-refractivity contribution in [1.82, 2.24) is 0 Å². The first-order valence-corrected chi connectivity index (χ1v) is 22.1. The van der Waals surface area contributed by atoms with Crippen molar-refractivity contribution in [2.75, 3.05) is 5.73 Å². The van der Waals surface area contributed by atoms with Gasteiger partial charge in [-0.1, -0.05) is 194 Å². The van der Waals surface area contributed by atoms with E-state index in [4.69, 9.17) is 5.73 Å². The summed E-state index contributed by atoms with van der Waals surface area (Å²) in [5, 5.41) is 0. The van der Waals surface area contributed by atoms with Crippen LogP contribution < -0.4 is 5.73 Å². The van der Waals surface area contributed by atoms with E-state index in [1.807, 2.05) is 0 Å². The van der Waals surface area contributed by atoms with Crippen LogP contribution in [-0.4, -0.2) is 24.5 Å². The number of hydrogen-bond donors (Lipinski definition) is 2. The van der Waals surface area contributed by atoms with Gasteiger partial charge in [0.15, 0.2) is 11.6 Å². The second kappa shape index (κ2) is 29.9. The molecule has 0 amide bonds. The number of hydrogen-bond acceptors (Lipinski definition) is 5. The lowest BCUT2D eigenvalue weighted by atomic mass is 9.95. The average molecular weight is 706 g/mol. The summed E-state index contributed by atoms with van der Waals surface area (Å²) in [6, 6.07) is 2.50. The Balaban J connectivity index is 2.32. The number of Topliss-reactive ketones (excluding diaryl/α,β-unsaturated/α-hetero) is 2. The molecule has 0 aliphatic rings. The van der Waals surface area contributed by atoms with Crippen molar-refractivity contribution in [3.63, 3.8) is 0 Å². The normalized spacial score (nSPS) is 11.7. The molecule has 0 bridgehead atoms. The number of rotatable bonds is 35. The highest BCUT2D eigenvalue weighted by Gasteiger charge is 2.26. The summed E-state index contributed by atoms with van der Waals surface area (Å²) in [5.74, 6) is -0.614. The third-order valence-electron chi connectivity index (χ3n) is 10.1. The first kappa shape index (κ1) is 45.3. The molecule has 3 N–H and O–H groups in total. The van der Waals surface area contributed by atoms with Gasteiger partial charge in [0.25, 0.3) is 10.1 Å². The van der Waals surface area contributed by atoms with Crippen molar-refractivity contribution in [3.8, 4) is 0 Å². The zero-order chi connectivity index (χ0) is 36.0. The van der Waals surface area contributed by atoms with E-state index >= 15 is 0 Å². The van der Waals surface area contributed by atoms with E-state index in [0.717, 1.165) is 44.6 Å². The monoisotopic (exact) mass is 706 g/mol. The van der Waals surface area contributed by atoms with E-state index in [1.165, 1.54) is 154 Å². The van der Waals surface area contributed by atoms with Gasteiger partial charge in [-0.3, -0.25) is 14.1 Å². The number of unbranched alkanes of at least 4 members (excludes halogenated alkanes) is 28. The zero-order valence-corrected chi connectivity index (χ0v) is 32.7. The first-order chi connectivity index (χ1) is 23.7. The highest BCUT2D eigenvalue weighted by molar-refractivity contribution is 7.86. The Morgan fingerprint density at radius 2 is 0.776 bits per heavy atom. The minimum absolute atomic E-state index is 0.118. The molecule has 0 unspecified atom stereocenters. The van der Waals surface area contributed by atoms with Gasteiger partial charge in [0.2, 0.25) is 0 Å². The van der Waals surface area contributed by atoms with Crippen molar-refractivity contribution in [1.29, 1.82) is 0 Å². The molecule has 0 aromatic heterocycles. The van der Waals surface area contributed by atoms with Crippen molar-refractivity contribution >= 4 is 27.4 Å². The molecule has 0 aliphatic heterocycles. The van der Waals surface area contributed by atoms with Gasteiger partial charge in [-0.15, -0.1) is 0 Å². The third-order valence-corrected chi connectivity index (χ3v) is 11.0. The van der Waals surface area contributed by atoms with Crippen LogP contribution in [0.4, 0.5) is 5.69 Å². The Morgan fingerprint density at radius 1 is 0.490 bits per heavy atom. The van der Waals surface area contributed by atoms with E-state index in [1.54, 1.807) is 0 Å². The minimum Gasteiger partial charge on any atom is -0.398 e. The second-order valence-corrected chi connectivity index (χ2v) is 16.0. The first-order valence-electron chi connectivity index (χ1n) is 20.7. The Kier molecular flexibility index (Phi) is 27.7. The molecule has 0 spiro atoms. The van der Waals surface area contributed by atoms with Crippen LogP contribution in [0.5, 0.6) is 0 Å². The summed E-state index contributed by atoms with van der Waals surface area (Å²) in [5.41, 5.74) is 6.11. The van der Waals surface area contributed by atoms with Crippen LogP contribution in [0.2, 0.25) is 0 Å². The maximum atomic E-state index is 13.2. The van der Waals surface area contributed by atoms with E-state index in [9.17, 15) is 22.6 Å². The SMILES string of the molecule is CCCCCCCCCCCCCCCCCC(=O)c1ccc(S(=O)(=O)O)c(C(=O)CCCCCCCCCCCCCCCCC)c1N. The Morgan fingerprint density at radius 3 is 1.08 bits per heavy atom. The predicted molar refractivity (Wildman–Crippen MR) is 208 cm³/mol. The summed E-state index contributed by atoms with van der Waals surface area (Å²) < 4.78 is 34.0. The van der Waals surface area contributed by atoms with E-state index < -0.39 is 20.8 Å². The lowest BCUT2D eigenvalue weighted by molar-refractivity contribution is 0.0976. The third kappa shape index (κ3) is 22.7. The van der Waals surface area contributed by atoms with Gasteiger partial charge in [0, 0.05) is 18.4 Å². The molecule has 0 saturated heterocycles. The van der Waals surface area contributed by atoms with Crippen LogP contribution in [0.15, 0.2) is 17.0 Å². The van der Waals surface area contributed by atoms with Crippen molar-refractivity contribution in [3.05, 3.63) is 23.3 Å². The molecular weight excluding hydrogens is 631 g/mol. The number of anilines is 1. The van der Waals surface area contributed by atoms with Crippen LogP contribution in [0, 0.1) is 0 Å². The van der Waals surface area contributed by atoms with Gasteiger partial charge >= 0.3 is 0 Å². The van der Waals surface area contributed by atoms with E-state index in [-0.39, 0.29) is 29.0 Å². The Bertz CT molecular complexity index is 1100. The number of ketones is 2. The average Bonchev–Trinajstić information content (AvgIpc) is 3.07. The van der Waals surface area contributed by atoms with Crippen molar-refractivity contribution in [2.24, 2.45) is 0 Å². The van der Waals surface area contributed by atoms with Crippen LogP contribution >= 0.6 is 0 Å². The summed E-state index contributed by atoms with van der Waals surface area (Å²) in [7, 11) is -4.66. The lowest BCUT2D eigenvalue weighted by Crippen LogP contribution is -2.15. The van der Waals surface area contributed by atoms with E-state index in [2.05, 4.69) is 13.8 Å². The van der Waals surface area contributed by atoms with Gasteiger partial charge in [-0.2, -0.15) is 8.42 Å². The summed E-state index contributed by atoms with van der Waals surface area (Å²) >= 11 is 0. The molecule has 7 heteroatoms. The molecule has 0 radical (unpaired) electrons. The van der Waals surface area contributed by atoms with Gasteiger partial charge in [0.1, 0.15) is 4.90 Å². The predicted octanol–water partition coefficient (Wildman–Crippen LogP) is 13.4. The smallest absolute Gasteiger partial charge is 0.295 e. The number of benzene rings is 1. The highest BCUT2D eigenvalue weighted by Crippen LogP contribution is 2.29. The van der Waals surface area contributed by atoms with Gasteiger partial charge in [0.05, 0.1) is 11.3 Å². The maximum absolute atomic E-state index is 13.2. The van der Waals surface area contributed by atoms with Gasteiger partial charge in [-0.05, 0) is 25.0 Å². The largest absolute Gasteiger partial charge is 0.398 e. The fraction of sp³-hybridized carbons (Fsp3) is 0.810. The van der Waals surface area contributed by atoms with Gasteiger partial charge in [-0.25, -0.2) is 0 Å². The molecule has 49 heavy (non-hydrogen) atoms. The Labute approximate surface area is 302 Å². The number of nitrogens with two attached hydrogens (primary N) is 1. The quantitative estimate of drug-likeness (QED) is 0.0314. The molecular formula is C42H75NO5S. The standard InChI is InChI=1S/C42H75NO5S/c1-3-5-7-9-11-13-15-17-19-21-23-25-27-29-31-33-38(44)37-35-36-40(49(46,47)48)41(42(37)43)39(45)34-32-30-28-26-24-22-20-18-16-14-12-10-8-6-4-2/h35-36H,3-34,43H2,1-2H3,(H,46,47,48). The molecule has 284 valence electrons. The molecule has 1 aromatic carbocycles. The number of nitrogen functional groups attached to an aromatic ring is 1. The van der Waals surface area contributed by atoms with Crippen LogP contribution in [-0.2, 0) is 10.1 Å². The summed E-state index contributed by atoms with van der Waals surface area (Å²) in [6.07, 6.45) is 37.3. The van der Waals surface area contributed by atoms with Crippen LogP contribution in [0.3, 0.4) is 0 Å². The number of carbonyl (C=O) groups is 2. The molecule has 0 saturated carbocycles. The minimum atomic E-state index is -4.66. The molecule has 0 heterocycles. The maximum Gasteiger partial charge on any atom is 0.295 e.